The van der Waals surface area contributed by atoms with E-state index in [1.54, 1.807) is 31.4 Å². The van der Waals surface area contributed by atoms with Crippen LogP contribution in [-0.4, -0.2) is 35.5 Å². The van der Waals surface area contributed by atoms with Gasteiger partial charge in [-0.25, -0.2) is 0 Å². The molecule has 2 fully saturated rings. The second-order valence-electron chi connectivity index (χ2n) is 5.72. The summed E-state index contributed by atoms with van der Waals surface area (Å²) in [4.78, 5) is 25.7. The molecule has 1 saturated carbocycles. The first-order valence-electron chi connectivity index (χ1n) is 7.29. The average molecular weight is 289 g/mol. The number of carbonyl (C=O) groups is 2. The number of ether oxygens (including phenoxy) is 1. The highest BCUT2D eigenvalue weighted by atomic mass is 16.5. The summed E-state index contributed by atoms with van der Waals surface area (Å²) in [5, 5.41) is 10.3. The molecule has 2 amide bonds. The lowest BCUT2D eigenvalue weighted by Crippen LogP contribution is -2.35. The highest BCUT2D eigenvalue weighted by Crippen LogP contribution is 2.40. The predicted octanol–water partition coefficient (Wildman–Crippen LogP) is 1.51. The van der Waals surface area contributed by atoms with Crippen LogP contribution in [0, 0.1) is 11.8 Å². The Labute approximate surface area is 123 Å². The van der Waals surface area contributed by atoms with E-state index in [0.29, 0.717) is 11.3 Å². The van der Waals surface area contributed by atoms with E-state index < -0.39 is 6.10 Å². The van der Waals surface area contributed by atoms with Crippen LogP contribution in [0.5, 0.6) is 5.75 Å². The van der Waals surface area contributed by atoms with Crippen molar-refractivity contribution in [3.8, 4) is 5.75 Å². The predicted molar refractivity (Wildman–Crippen MR) is 75.5 cm³/mol. The van der Waals surface area contributed by atoms with Crippen LogP contribution in [0.25, 0.3) is 0 Å². The molecule has 1 aliphatic carbocycles. The first kappa shape index (κ1) is 14.1. The van der Waals surface area contributed by atoms with Crippen molar-refractivity contribution in [2.24, 2.45) is 11.8 Å². The van der Waals surface area contributed by atoms with Crippen molar-refractivity contribution in [1.29, 1.82) is 0 Å². The van der Waals surface area contributed by atoms with Gasteiger partial charge in [-0.05, 0) is 30.5 Å². The number of nitrogens with zero attached hydrogens (tertiary/aromatic N) is 1. The van der Waals surface area contributed by atoms with Gasteiger partial charge in [0.25, 0.3) is 0 Å². The number of hydrogen-bond donors (Lipinski definition) is 1. The van der Waals surface area contributed by atoms with Gasteiger partial charge in [-0.2, -0.15) is 0 Å². The van der Waals surface area contributed by atoms with Gasteiger partial charge in [-0.3, -0.25) is 14.5 Å². The molecule has 1 heterocycles. The molecule has 112 valence electrons. The fraction of sp³-hybridized carbons (Fsp3) is 0.500. The van der Waals surface area contributed by atoms with Crippen LogP contribution in [-0.2, 0) is 9.59 Å². The van der Waals surface area contributed by atoms with Crippen LogP contribution >= 0.6 is 0 Å². The third-order valence-corrected chi connectivity index (χ3v) is 4.54. The Hall–Kier alpha value is -1.88. The first-order chi connectivity index (χ1) is 10.1. The number of amides is 2. The van der Waals surface area contributed by atoms with Crippen molar-refractivity contribution in [2.75, 3.05) is 13.7 Å². The fourth-order valence-electron chi connectivity index (χ4n) is 3.34. The van der Waals surface area contributed by atoms with Gasteiger partial charge in [0.2, 0.25) is 11.8 Å². The first-order valence-corrected chi connectivity index (χ1v) is 7.29. The van der Waals surface area contributed by atoms with Gasteiger partial charge in [0, 0.05) is 0 Å². The van der Waals surface area contributed by atoms with Crippen molar-refractivity contribution >= 4 is 11.8 Å². The summed E-state index contributed by atoms with van der Waals surface area (Å²) in [6.07, 6.45) is 1.68. The summed E-state index contributed by atoms with van der Waals surface area (Å²) in [7, 11) is 1.58. The number of imide groups is 1. The molecule has 1 aromatic rings. The molecule has 3 rings (SSSR count). The highest BCUT2D eigenvalue weighted by molar-refractivity contribution is 6.05. The Morgan fingerprint density at radius 1 is 1.19 bits per heavy atom. The van der Waals surface area contributed by atoms with E-state index in [1.165, 1.54) is 4.90 Å². The second kappa shape index (κ2) is 5.48. The topological polar surface area (TPSA) is 66.8 Å². The van der Waals surface area contributed by atoms with Gasteiger partial charge in [0.1, 0.15) is 5.75 Å². The zero-order chi connectivity index (χ0) is 15.0. The monoisotopic (exact) mass is 289 g/mol. The maximum atomic E-state index is 12.2. The number of likely N-dealkylation sites (tertiary alicyclic amines) is 1. The Morgan fingerprint density at radius 3 is 2.29 bits per heavy atom. The maximum Gasteiger partial charge on any atom is 0.233 e. The molecule has 1 saturated heterocycles. The number of aliphatic hydroxyl groups is 1. The number of methoxy groups -OCH3 is 1. The Bertz CT molecular complexity index is 532. The maximum absolute atomic E-state index is 12.2. The smallest absolute Gasteiger partial charge is 0.233 e. The van der Waals surface area contributed by atoms with Crippen molar-refractivity contribution in [3.63, 3.8) is 0 Å². The molecule has 3 unspecified atom stereocenters. The zero-order valence-electron chi connectivity index (χ0n) is 12.0. The van der Waals surface area contributed by atoms with Crippen molar-refractivity contribution < 1.29 is 19.4 Å². The third-order valence-electron chi connectivity index (χ3n) is 4.54. The molecule has 0 spiro atoms. The van der Waals surface area contributed by atoms with E-state index in [1.807, 2.05) is 0 Å². The van der Waals surface area contributed by atoms with Crippen LogP contribution in [0.2, 0.25) is 0 Å². The Kier molecular flexibility index (Phi) is 3.68. The van der Waals surface area contributed by atoms with E-state index in [-0.39, 0.29) is 30.2 Å². The molecular weight excluding hydrogens is 270 g/mol. The number of β-amino-alcohol motifs (C(OH)–C–C–N with tert-alkyl or cyclic N) is 1. The summed E-state index contributed by atoms with van der Waals surface area (Å²) < 4.78 is 5.07. The molecule has 3 atom stereocenters. The van der Waals surface area contributed by atoms with E-state index in [9.17, 15) is 14.7 Å². The molecule has 5 nitrogen and oxygen atoms in total. The molecule has 21 heavy (non-hydrogen) atoms. The number of benzene rings is 1. The number of aliphatic hydroxyl groups excluding tert-OH is 1. The second-order valence-corrected chi connectivity index (χ2v) is 5.72. The largest absolute Gasteiger partial charge is 0.497 e. The van der Waals surface area contributed by atoms with Crippen molar-refractivity contribution in [2.45, 2.75) is 25.4 Å². The van der Waals surface area contributed by atoms with Gasteiger partial charge in [-0.15, -0.1) is 0 Å². The minimum Gasteiger partial charge on any atom is -0.497 e. The summed E-state index contributed by atoms with van der Waals surface area (Å²) >= 11 is 0. The minimum absolute atomic E-state index is 0.0387. The molecule has 1 aliphatic heterocycles. The number of rotatable bonds is 4. The lowest BCUT2D eigenvalue weighted by Gasteiger charge is -2.20. The Morgan fingerprint density at radius 2 is 1.76 bits per heavy atom. The van der Waals surface area contributed by atoms with Gasteiger partial charge in [-0.1, -0.05) is 18.6 Å². The van der Waals surface area contributed by atoms with E-state index in [0.717, 1.165) is 19.3 Å². The van der Waals surface area contributed by atoms with E-state index in [2.05, 4.69) is 0 Å². The number of carbonyl (C=O) groups excluding carboxylic acids is 2. The lowest BCUT2D eigenvalue weighted by atomic mass is 10.00. The molecule has 0 aromatic heterocycles. The average Bonchev–Trinajstić information content (AvgIpc) is 3.07. The van der Waals surface area contributed by atoms with Gasteiger partial charge < -0.3 is 9.84 Å². The molecular formula is C16H19NO4. The molecule has 1 N–H and O–H groups in total. The van der Waals surface area contributed by atoms with Crippen LogP contribution in [0.4, 0.5) is 0 Å². The standard InChI is InChI=1S/C16H19NO4/c1-21-11-7-5-10(6-8-11)14(18)9-17-15(19)12-3-2-4-13(12)16(17)20/h5-8,12-14,18H,2-4,9H2,1H3. The molecule has 5 heteroatoms. The van der Waals surface area contributed by atoms with Crippen LogP contribution in [0.3, 0.4) is 0 Å². The summed E-state index contributed by atoms with van der Waals surface area (Å²) in [5.41, 5.74) is 0.674. The van der Waals surface area contributed by atoms with Crippen LogP contribution in [0.1, 0.15) is 30.9 Å². The summed E-state index contributed by atoms with van der Waals surface area (Å²) in [6.45, 7) is 0.0387. The van der Waals surface area contributed by atoms with E-state index >= 15 is 0 Å². The van der Waals surface area contributed by atoms with E-state index in [4.69, 9.17) is 4.74 Å². The summed E-state index contributed by atoms with van der Waals surface area (Å²) in [5.74, 6) is 0.167. The Balaban J connectivity index is 1.70. The SMILES string of the molecule is COc1ccc(C(O)CN2C(=O)C3CCCC3C2=O)cc1. The van der Waals surface area contributed by atoms with Gasteiger partial charge >= 0.3 is 0 Å². The van der Waals surface area contributed by atoms with Gasteiger partial charge in [0.05, 0.1) is 31.6 Å². The van der Waals surface area contributed by atoms with Crippen LogP contribution < -0.4 is 4.74 Å². The third kappa shape index (κ3) is 2.42. The normalized spacial score (nSPS) is 26.1. The minimum atomic E-state index is -0.859. The number of hydrogen-bond acceptors (Lipinski definition) is 4. The highest BCUT2D eigenvalue weighted by Gasteiger charge is 2.49. The van der Waals surface area contributed by atoms with Gasteiger partial charge in [0.15, 0.2) is 0 Å². The number of fused-ring (bicyclic) bond motifs is 1. The van der Waals surface area contributed by atoms with Crippen molar-refractivity contribution in [3.05, 3.63) is 29.8 Å². The molecule has 2 aliphatic rings. The van der Waals surface area contributed by atoms with Crippen molar-refractivity contribution in [1.82, 2.24) is 4.90 Å². The molecule has 0 bridgehead atoms. The van der Waals surface area contributed by atoms with Crippen LogP contribution in [0.15, 0.2) is 24.3 Å². The lowest BCUT2D eigenvalue weighted by molar-refractivity contribution is -0.142. The fourth-order valence-corrected chi connectivity index (χ4v) is 3.34. The molecule has 1 aromatic carbocycles. The summed E-state index contributed by atoms with van der Waals surface area (Å²) in [6, 6.07) is 6.99. The molecule has 0 radical (unpaired) electrons. The quantitative estimate of drug-likeness (QED) is 0.853. The zero-order valence-corrected chi connectivity index (χ0v) is 12.0.